The second kappa shape index (κ2) is 6.33. The summed E-state index contributed by atoms with van der Waals surface area (Å²) in [6, 6.07) is 8.51. The van der Waals surface area contributed by atoms with Gasteiger partial charge in [0.2, 0.25) is 5.78 Å². The first-order valence-electron chi connectivity index (χ1n) is 5.11. The molecule has 0 saturated heterocycles. The Labute approximate surface area is 100.0 Å². The van der Waals surface area contributed by atoms with Crippen LogP contribution in [0.25, 0.3) is 0 Å². The van der Waals surface area contributed by atoms with E-state index in [1.807, 2.05) is 36.3 Å². The zero-order valence-corrected chi connectivity index (χ0v) is 9.47. The first-order chi connectivity index (χ1) is 8.13. The number of nitrogens with one attached hydrogen (secondary N) is 1. The van der Waals surface area contributed by atoms with Gasteiger partial charge in [0.25, 0.3) is 0 Å². The van der Waals surface area contributed by atoms with Crippen molar-refractivity contribution in [2.75, 3.05) is 0 Å². The highest BCUT2D eigenvalue weighted by molar-refractivity contribution is 6.00. The van der Waals surface area contributed by atoms with Crippen molar-refractivity contribution in [3.05, 3.63) is 35.9 Å². The molecule has 0 heterocycles. The summed E-state index contributed by atoms with van der Waals surface area (Å²) in [5.41, 5.74) is 0.874. The lowest BCUT2D eigenvalue weighted by Crippen LogP contribution is -2.38. The summed E-state index contributed by atoms with van der Waals surface area (Å²) in [5, 5.41) is 2.35. The monoisotopic (exact) mass is 231 g/mol. The van der Waals surface area contributed by atoms with Gasteiger partial charge in [-0.2, -0.15) is 0 Å². The Morgan fingerprint density at radius 1 is 1.41 bits per heavy atom. The summed E-state index contributed by atoms with van der Waals surface area (Å²) < 4.78 is 4.92. The predicted molar refractivity (Wildman–Crippen MR) is 63.1 cm³/mol. The van der Waals surface area contributed by atoms with E-state index in [1.54, 1.807) is 0 Å². The Kier molecular flexibility index (Phi) is 4.77. The average molecular weight is 231 g/mol. The van der Waals surface area contributed by atoms with E-state index in [4.69, 9.17) is 11.2 Å². The number of ether oxygens (including phenoxy) is 1. The van der Waals surface area contributed by atoms with E-state index in [0.29, 0.717) is 0 Å². The second-order valence-corrected chi connectivity index (χ2v) is 3.44. The SMILES string of the molecule is C#CC(=O)C(C)NC(=O)OCc1ccccc1. The molecule has 1 N–H and O–H groups in total. The van der Waals surface area contributed by atoms with E-state index < -0.39 is 17.9 Å². The van der Waals surface area contributed by atoms with Crippen molar-refractivity contribution >= 4 is 11.9 Å². The van der Waals surface area contributed by atoms with E-state index in [0.717, 1.165) is 5.56 Å². The number of Topliss-reactive ketones (excluding diaryl/α,β-unsaturated/α-hetero) is 1. The highest BCUT2D eigenvalue weighted by Crippen LogP contribution is 2.00. The minimum atomic E-state index is -0.733. The molecule has 1 unspecified atom stereocenters. The lowest BCUT2D eigenvalue weighted by molar-refractivity contribution is -0.115. The summed E-state index contributed by atoms with van der Waals surface area (Å²) in [7, 11) is 0. The maximum absolute atomic E-state index is 11.3. The normalized spacial score (nSPS) is 11.1. The van der Waals surface area contributed by atoms with Crippen LogP contribution in [0.3, 0.4) is 0 Å². The molecule has 0 saturated carbocycles. The smallest absolute Gasteiger partial charge is 0.408 e. The fourth-order valence-corrected chi connectivity index (χ4v) is 1.13. The molecule has 88 valence electrons. The van der Waals surface area contributed by atoms with Gasteiger partial charge in [0.05, 0.1) is 0 Å². The summed E-state index contributed by atoms with van der Waals surface area (Å²) >= 11 is 0. The zero-order chi connectivity index (χ0) is 12.7. The Balaban J connectivity index is 2.36. The standard InChI is InChI=1S/C13H13NO3/c1-3-12(15)10(2)14-13(16)17-9-11-7-5-4-6-8-11/h1,4-8,10H,9H2,2H3,(H,14,16). The molecule has 4 nitrogen and oxygen atoms in total. The number of ketones is 1. The highest BCUT2D eigenvalue weighted by Gasteiger charge is 2.13. The number of amides is 1. The minimum absolute atomic E-state index is 0.156. The largest absolute Gasteiger partial charge is 0.445 e. The Hall–Kier alpha value is -2.28. The van der Waals surface area contributed by atoms with Crippen molar-refractivity contribution < 1.29 is 14.3 Å². The van der Waals surface area contributed by atoms with Gasteiger partial charge in [-0.15, -0.1) is 6.42 Å². The number of terminal acetylenes is 1. The molecule has 0 bridgehead atoms. The maximum atomic E-state index is 11.3. The van der Waals surface area contributed by atoms with Gasteiger partial charge in [0.15, 0.2) is 0 Å². The lowest BCUT2D eigenvalue weighted by Gasteiger charge is -2.10. The molecular weight excluding hydrogens is 218 g/mol. The molecule has 1 rings (SSSR count). The highest BCUT2D eigenvalue weighted by atomic mass is 16.5. The number of rotatable bonds is 4. The zero-order valence-electron chi connectivity index (χ0n) is 9.47. The fraction of sp³-hybridized carbons (Fsp3) is 0.231. The van der Waals surface area contributed by atoms with E-state index >= 15 is 0 Å². The summed E-state index contributed by atoms with van der Waals surface area (Å²) in [6.45, 7) is 1.66. The third-order valence-corrected chi connectivity index (χ3v) is 2.08. The third kappa shape index (κ3) is 4.39. The van der Waals surface area contributed by atoms with Gasteiger partial charge in [-0.05, 0) is 18.4 Å². The van der Waals surface area contributed by atoms with Crippen molar-refractivity contribution in [2.45, 2.75) is 19.6 Å². The van der Waals surface area contributed by atoms with E-state index in [2.05, 4.69) is 5.32 Å². The van der Waals surface area contributed by atoms with Crippen LogP contribution in [-0.2, 0) is 16.1 Å². The summed E-state index contributed by atoms with van der Waals surface area (Å²) in [6.07, 6.45) is 4.26. The van der Waals surface area contributed by atoms with Crippen LogP contribution in [0.15, 0.2) is 30.3 Å². The van der Waals surface area contributed by atoms with Gasteiger partial charge in [-0.3, -0.25) is 4.79 Å². The molecule has 4 heteroatoms. The van der Waals surface area contributed by atoms with Crippen molar-refractivity contribution in [2.24, 2.45) is 0 Å². The van der Waals surface area contributed by atoms with Crippen molar-refractivity contribution in [1.82, 2.24) is 5.32 Å². The van der Waals surface area contributed by atoms with Gasteiger partial charge in [0, 0.05) is 0 Å². The van der Waals surface area contributed by atoms with Gasteiger partial charge in [-0.1, -0.05) is 30.3 Å². The molecule has 0 aromatic heterocycles. The first kappa shape index (κ1) is 12.8. The molecule has 0 radical (unpaired) electrons. The van der Waals surface area contributed by atoms with Gasteiger partial charge in [-0.25, -0.2) is 4.79 Å². The van der Waals surface area contributed by atoms with Crippen LogP contribution in [0.2, 0.25) is 0 Å². The molecule has 0 fully saturated rings. The summed E-state index contributed by atoms with van der Waals surface area (Å²) in [5.74, 6) is 1.45. The number of benzene rings is 1. The number of hydrogen-bond donors (Lipinski definition) is 1. The molecule has 1 amide bonds. The van der Waals surface area contributed by atoms with Crippen LogP contribution in [0, 0.1) is 12.3 Å². The summed E-state index contributed by atoms with van der Waals surface area (Å²) in [4.78, 5) is 22.3. The van der Waals surface area contributed by atoms with Crippen molar-refractivity contribution in [3.63, 3.8) is 0 Å². The molecule has 1 atom stereocenters. The van der Waals surface area contributed by atoms with Crippen LogP contribution in [-0.4, -0.2) is 17.9 Å². The minimum Gasteiger partial charge on any atom is -0.445 e. The van der Waals surface area contributed by atoms with Crippen molar-refractivity contribution in [3.8, 4) is 12.3 Å². The van der Waals surface area contributed by atoms with Gasteiger partial charge >= 0.3 is 6.09 Å². The number of carbonyl (C=O) groups excluding carboxylic acids is 2. The molecule has 17 heavy (non-hydrogen) atoms. The molecule has 0 aliphatic heterocycles. The topological polar surface area (TPSA) is 55.4 Å². The number of alkyl carbamates (subject to hydrolysis) is 1. The van der Waals surface area contributed by atoms with Crippen LogP contribution >= 0.6 is 0 Å². The quantitative estimate of drug-likeness (QED) is 0.631. The molecule has 1 aromatic rings. The third-order valence-electron chi connectivity index (χ3n) is 2.08. The Morgan fingerprint density at radius 3 is 2.65 bits per heavy atom. The maximum Gasteiger partial charge on any atom is 0.408 e. The van der Waals surface area contributed by atoms with E-state index in [-0.39, 0.29) is 6.61 Å². The van der Waals surface area contributed by atoms with Crippen LogP contribution < -0.4 is 5.32 Å². The number of carbonyl (C=O) groups is 2. The van der Waals surface area contributed by atoms with E-state index in [9.17, 15) is 9.59 Å². The molecular formula is C13H13NO3. The van der Waals surface area contributed by atoms with Gasteiger partial charge < -0.3 is 10.1 Å². The average Bonchev–Trinajstić information content (AvgIpc) is 2.36. The molecule has 0 aliphatic carbocycles. The van der Waals surface area contributed by atoms with Crippen LogP contribution in [0.5, 0.6) is 0 Å². The molecule has 0 aliphatic rings. The Morgan fingerprint density at radius 2 is 2.06 bits per heavy atom. The van der Waals surface area contributed by atoms with Crippen LogP contribution in [0.4, 0.5) is 4.79 Å². The lowest BCUT2D eigenvalue weighted by atomic mass is 10.2. The van der Waals surface area contributed by atoms with Crippen molar-refractivity contribution in [1.29, 1.82) is 0 Å². The first-order valence-corrected chi connectivity index (χ1v) is 5.11. The second-order valence-electron chi connectivity index (χ2n) is 3.44. The molecule has 0 spiro atoms. The Bertz CT molecular complexity index is 434. The predicted octanol–water partition coefficient (Wildman–Crippen LogP) is 1.50. The van der Waals surface area contributed by atoms with Crippen LogP contribution in [0.1, 0.15) is 12.5 Å². The van der Waals surface area contributed by atoms with E-state index in [1.165, 1.54) is 6.92 Å². The fourth-order valence-electron chi connectivity index (χ4n) is 1.13. The number of hydrogen-bond acceptors (Lipinski definition) is 3. The van der Waals surface area contributed by atoms with Gasteiger partial charge in [0.1, 0.15) is 12.6 Å². The molecule has 1 aromatic carbocycles.